The Labute approximate surface area is 123 Å². The molecule has 0 bridgehead atoms. The van der Waals surface area contributed by atoms with Gasteiger partial charge in [0.1, 0.15) is 5.82 Å². The topological polar surface area (TPSA) is 55.1 Å². The summed E-state index contributed by atoms with van der Waals surface area (Å²) in [5, 5.41) is 2.67. The summed E-state index contributed by atoms with van der Waals surface area (Å²) in [4.78, 5) is 12.0. The van der Waals surface area contributed by atoms with Crippen molar-refractivity contribution in [3.8, 4) is 0 Å². The van der Waals surface area contributed by atoms with Gasteiger partial charge in [0.15, 0.2) is 0 Å². The van der Waals surface area contributed by atoms with Crippen molar-refractivity contribution in [2.75, 3.05) is 16.8 Å². The molecule has 1 saturated carbocycles. The van der Waals surface area contributed by atoms with Crippen LogP contribution in [0.4, 0.5) is 15.8 Å². The van der Waals surface area contributed by atoms with Gasteiger partial charge in [-0.25, -0.2) is 4.39 Å². The molecule has 0 saturated heterocycles. The van der Waals surface area contributed by atoms with Crippen LogP contribution >= 0.6 is 11.8 Å². The Kier molecular flexibility index (Phi) is 5.29. The highest BCUT2D eigenvalue weighted by Crippen LogP contribution is 2.29. The molecule has 5 heteroatoms. The zero-order valence-electron chi connectivity index (χ0n) is 11.7. The van der Waals surface area contributed by atoms with Gasteiger partial charge in [0, 0.05) is 5.69 Å². The first kappa shape index (κ1) is 15.2. The molecule has 0 aromatic heterocycles. The highest BCUT2D eigenvalue weighted by Gasteiger charge is 2.19. The van der Waals surface area contributed by atoms with Crippen LogP contribution in [0.3, 0.4) is 0 Å². The summed E-state index contributed by atoms with van der Waals surface area (Å²) in [6, 6.07) is 4.24. The summed E-state index contributed by atoms with van der Waals surface area (Å²) in [5.74, 6) is 1.28. The first-order valence-corrected chi connectivity index (χ1v) is 8.08. The van der Waals surface area contributed by atoms with Gasteiger partial charge in [-0.1, -0.05) is 12.8 Å². The molecular weight excluding hydrogens is 275 g/mol. The summed E-state index contributed by atoms with van der Waals surface area (Å²) in [6.45, 7) is 1.90. The minimum Gasteiger partial charge on any atom is -0.396 e. The number of carbonyl (C=O) groups excluding carboxylic acids is 1. The molecule has 0 heterocycles. The molecule has 0 spiro atoms. The van der Waals surface area contributed by atoms with Crippen molar-refractivity contribution in [1.82, 2.24) is 0 Å². The molecule has 1 aromatic rings. The van der Waals surface area contributed by atoms with Gasteiger partial charge < -0.3 is 11.1 Å². The Morgan fingerprint density at radius 1 is 1.50 bits per heavy atom. The van der Waals surface area contributed by atoms with E-state index in [9.17, 15) is 9.18 Å². The number of rotatable bonds is 5. The predicted octanol–water partition coefficient (Wildman–Crippen LogP) is 3.66. The maximum Gasteiger partial charge on any atom is 0.237 e. The number of nitrogen functional groups attached to an aromatic ring is 1. The molecule has 1 amide bonds. The lowest BCUT2D eigenvalue weighted by molar-refractivity contribution is -0.115. The van der Waals surface area contributed by atoms with E-state index in [1.165, 1.54) is 43.9 Å². The monoisotopic (exact) mass is 296 g/mol. The van der Waals surface area contributed by atoms with Crippen LogP contribution in [0.25, 0.3) is 0 Å². The number of hydrogen-bond donors (Lipinski definition) is 2. The van der Waals surface area contributed by atoms with Crippen LogP contribution in [0.1, 0.15) is 32.6 Å². The second-order valence-electron chi connectivity index (χ2n) is 5.35. The van der Waals surface area contributed by atoms with Crippen LogP contribution < -0.4 is 11.1 Å². The Morgan fingerprint density at radius 2 is 2.20 bits per heavy atom. The van der Waals surface area contributed by atoms with E-state index in [0.717, 1.165) is 11.7 Å². The average molecular weight is 296 g/mol. The van der Waals surface area contributed by atoms with Gasteiger partial charge in [0.05, 0.1) is 10.9 Å². The van der Waals surface area contributed by atoms with Crippen molar-refractivity contribution in [2.24, 2.45) is 5.92 Å². The lowest BCUT2D eigenvalue weighted by Crippen LogP contribution is -2.23. The Balaban J connectivity index is 1.81. The summed E-state index contributed by atoms with van der Waals surface area (Å²) in [7, 11) is 0. The zero-order chi connectivity index (χ0) is 14.5. The average Bonchev–Trinajstić information content (AvgIpc) is 2.93. The van der Waals surface area contributed by atoms with Gasteiger partial charge in [-0.2, -0.15) is 0 Å². The van der Waals surface area contributed by atoms with Crippen LogP contribution in [0, 0.1) is 11.7 Å². The molecule has 1 fully saturated rings. The number of hydrogen-bond acceptors (Lipinski definition) is 3. The first-order chi connectivity index (χ1) is 9.56. The number of thioether (sulfide) groups is 1. The Morgan fingerprint density at radius 3 is 2.85 bits per heavy atom. The molecule has 20 heavy (non-hydrogen) atoms. The van der Waals surface area contributed by atoms with Crippen LogP contribution in [0.15, 0.2) is 18.2 Å². The smallest absolute Gasteiger partial charge is 0.237 e. The first-order valence-electron chi connectivity index (χ1n) is 7.03. The Bertz CT molecular complexity index is 475. The van der Waals surface area contributed by atoms with Crippen LogP contribution in [-0.2, 0) is 4.79 Å². The number of nitrogens with one attached hydrogen (secondary N) is 1. The minimum atomic E-state index is -0.466. The third kappa shape index (κ3) is 4.13. The SMILES string of the molecule is CC(SCC1CCCC1)C(=O)Nc1ccc(F)c(N)c1. The van der Waals surface area contributed by atoms with Crippen LogP contribution in [0.2, 0.25) is 0 Å². The van der Waals surface area contributed by atoms with Crippen molar-refractivity contribution >= 4 is 29.0 Å². The van der Waals surface area contributed by atoms with E-state index in [-0.39, 0.29) is 16.8 Å². The lowest BCUT2D eigenvalue weighted by Gasteiger charge is -2.15. The van der Waals surface area contributed by atoms with Crippen LogP contribution in [-0.4, -0.2) is 16.9 Å². The van der Waals surface area contributed by atoms with Crippen molar-refractivity contribution in [1.29, 1.82) is 0 Å². The van der Waals surface area contributed by atoms with Gasteiger partial charge in [-0.05, 0) is 49.6 Å². The Hall–Kier alpha value is -1.23. The quantitative estimate of drug-likeness (QED) is 0.815. The highest BCUT2D eigenvalue weighted by molar-refractivity contribution is 8.00. The number of halogens is 1. The number of anilines is 2. The third-order valence-corrected chi connectivity index (χ3v) is 5.07. The number of nitrogens with two attached hydrogens (primary N) is 1. The van der Waals surface area contributed by atoms with Crippen LogP contribution in [0.5, 0.6) is 0 Å². The van der Waals surface area contributed by atoms with E-state index in [4.69, 9.17) is 5.73 Å². The summed E-state index contributed by atoms with van der Waals surface area (Å²) < 4.78 is 13.0. The maximum absolute atomic E-state index is 13.0. The fraction of sp³-hybridized carbons (Fsp3) is 0.533. The molecule has 3 N–H and O–H groups in total. The molecule has 1 aliphatic rings. The van der Waals surface area contributed by atoms with E-state index in [0.29, 0.717) is 5.69 Å². The molecular formula is C15H21FN2OS. The van der Waals surface area contributed by atoms with Gasteiger partial charge >= 0.3 is 0 Å². The molecule has 1 atom stereocenters. The normalized spacial score (nSPS) is 17.1. The summed E-state index contributed by atoms with van der Waals surface area (Å²) in [5.41, 5.74) is 6.08. The summed E-state index contributed by atoms with van der Waals surface area (Å²) in [6.07, 6.45) is 5.22. The molecule has 1 aromatic carbocycles. The molecule has 3 nitrogen and oxygen atoms in total. The molecule has 2 rings (SSSR count). The van der Waals surface area contributed by atoms with Gasteiger partial charge in [0.25, 0.3) is 0 Å². The molecule has 1 aliphatic carbocycles. The van der Waals surface area contributed by atoms with E-state index >= 15 is 0 Å². The summed E-state index contributed by atoms with van der Waals surface area (Å²) >= 11 is 1.69. The molecule has 110 valence electrons. The molecule has 0 radical (unpaired) electrons. The second-order valence-corrected chi connectivity index (χ2v) is 6.73. The van der Waals surface area contributed by atoms with Crippen molar-refractivity contribution in [3.63, 3.8) is 0 Å². The number of benzene rings is 1. The van der Waals surface area contributed by atoms with Crippen molar-refractivity contribution < 1.29 is 9.18 Å². The third-order valence-electron chi connectivity index (χ3n) is 3.69. The minimum absolute atomic E-state index is 0.0501. The van der Waals surface area contributed by atoms with Crippen molar-refractivity contribution in [2.45, 2.75) is 37.9 Å². The van der Waals surface area contributed by atoms with Gasteiger partial charge in [0.2, 0.25) is 5.91 Å². The largest absolute Gasteiger partial charge is 0.396 e. The van der Waals surface area contributed by atoms with E-state index in [2.05, 4.69) is 5.32 Å². The molecule has 1 unspecified atom stereocenters. The fourth-order valence-corrected chi connectivity index (χ4v) is 3.50. The van der Waals surface area contributed by atoms with Gasteiger partial charge in [-0.15, -0.1) is 11.8 Å². The van der Waals surface area contributed by atoms with E-state index in [1.54, 1.807) is 11.8 Å². The van der Waals surface area contributed by atoms with Crippen molar-refractivity contribution in [3.05, 3.63) is 24.0 Å². The maximum atomic E-state index is 13.0. The predicted molar refractivity (Wildman–Crippen MR) is 83.3 cm³/mol. The molecule has 0 aliphatic heterocycles. The highest BCUT2D eigenvalue weighted by atomic mass is 32.2. The zero-order valence-corrected chi connectivity index (χ0v) is 12.5. The van der Waals surface area contributed by atoms with Gasteiger partial charge in [-0.3, -0.25) is 4.79 Å². The van der Waals surface area contributed by atoms with E-state index in [1.807, 2.05) is 6.92 Å². The van der Waals surface area contributed by atoms with E-state index < -0.39 is 5.82 Å². The fourth-order valence-electron chi connectivity index (χ4n) is 2.40. The standard InChI is InChI=1S/C15H21FN2OS/c1-10(20-9-11-4-2-3-5-11)15(19)18-12-6-7-13(16)14(17)8-12/h6-8,10-11H,2-5,9,17H2,1H3,(H,18,19). The second kappa shape index (κ2) is 6.97. The number of amides is 1. The number of carbonyl (C=O) groups is 1. The lowest BCUT2D eigenvalue weighted by atomic mass is 10.1.